The van der Waals surface area contributed by atoms with E-state index >= 15 is 0 Å². The fourth-order valence-electron chi connectivity index (χ4n) is 1.81. The molecule has 0 aliphatic carbocycles. The molecule has 4 heteroatoms. The molecule has 1 saturated heterocycles. The Morgan fingerprint density at radius 1 is 1.57 bits per heavy atom. The van der Waals surface area contributed by atoms with Gasteiger partial charge in [0.1, 0.15) is 0 Å². The van der Waals surface area contributed by atoms with E-state index in [1.807, 2.05) is 11.8 Å². The third-order valence-corrected chi connectivity index (χ3v) is 2.81. The van der Waals surface area contributed by atoms with Gasteiger partial charge < -0.3 is 16.4 Å². The Morgan fingerprint density at radius 3 is 2.50 bits per heavy atom. The SMILES string of the molecule is CC(N)C1CCN(C(=O)C(C)(C)N)C1. The molecule has 4 N–H and O–H groups in total. The van der Waals surface area contributed by atoms with E-state index in [0.717, 1.165) is 19.5 Å². The van der Waals surface area contributed by atoms with Crippen LogP contribution >= 0.6 is 0 Å². The summed E-state index contributed by atoms with van der Waals surface area (Å²) in [6.07, 6.45) is 0.999. The monoisotopic (exact) mass is 199 g/mol. The van der Waals surface area contributed by atoms with Gasteiger partial charge in [-0.05, 0) is 33.1 Å². The van der Waals surface area contributed by atoms with Gasteiger partial charge in [-0.15, -0.1) is 0 Å². The zero-order valence-corrected chi connectivity index (χ0v) is 9.29. The largest absolute Gasteiger partial charge is 0.341 e. The number of carbonyl (C=O) groups is 1. The minimum atomic E-state index is -0.757. The molecule has 0 saturated carbocycles. The van der Waals surface area contributed by atoms with Crippen molar-refractivity contribution in [2.45, 2.75) is 38.8 Å². The van der Waals surface area contributed by atoms with Crippen LogP contribution in [0, 0.1) is 5.92 Å². The predicted octanol–water partition coefficient (Wildman–Crippen LogP) is -0.0806. The van der Waals surface area contributed by atoms with Crippen LogP contribution in [0.5, 0.6) is 0 Å². The first-order valence-corrected chi connectivity index (χ1v) is 5.16. The third kappa shape index (κ3) is 2.45. The van der Waals surface area contributed by atoms with E-state index in [9.17, 15) is 4.79 Å². The van der Waals surface area contributed by atoms with Crippen LogP contribution in [0.25, 0.3) is 0 Å². The summed E-state index contributed by atoms with van der Waals surface area (Å²) in [5, 5.41) is 0. The van der Waals surface area contributed by atoms with Crippen molar-refractivity contribution in [1.82, 2.24) is 4.90 Å². The zero-order chi connectivity index (χ0) is 10.9. The Balaban J connectivity index is 2.54. The lowest BCUT2D eigenvalue weighted by Crippen LogP contribution is -2.50. The number of hydrogen-bond acceptors (Lipinski definition) is 3. The van der Waals surface area contributed by atoms with E-state index in [1.165, 1.54) is 0 Å². The van der Waals surface area contributed by atoms with E-state index < -0.39 is 5.54 Å². The molecule has 2 atom stereocenters. The standard InChI is InChI=1S/C10H21N3O/c1-7(11)8-4-5-13(6-8)9(14)10(2,3)12/h7-8H,4-6,11-12H2,1-3H3. The summed E-state index contributed by atoms with van der Waals surface area (Å²) in [7, 11) is 0. The lowest BCUT2D eigenvalue weighted by molar-refractivity contribution is -0.134. The Bertz CT molecular complexity index is 220. The van der Waals surface area contributed by atoms with Crippen molar-refractivity contribution < 1.29 is 4.79 Å². The minimum absolute atomic E-state index is 0.0284. The number of hydrogen-bond donors (Lipinski definition) is 2. The van der Waals surface area contributed by atoms with Crippen LogP contribution in [0.4, 0.5) is 0 Å². The molecule has 0 aromatic heterocycles. The second kappa shape index (κ2) is 3.87. The lowest BCUT2D eigenvalue weighted by atomic mass is 10.0. The molecular formula is C10H21N3O. The molecule has 0 bridgehead atoms. The first kappa shape index (κ1) is 11.5. The average Bonchev–Trinajstić information content (AvgIpc) is 2.48. The Kier molecular flexibility index (Phi) is 3.17. The Labute approximate surface area is 85.6 Å². The van der Waals surface area contributed by atoms with Crippen LogP contribution in [0.15, 0.2) is 0 Å². The van der Waals surface area contributed by atoms with Gasteiger partial charge in [-0.25, -0.2) is 0 Å². The van der Waals surface area contributed by atoms with Gasteiger partial charge in [0.05, 0.1) is 5.54 Å². The van der Waals surface area contributed by atoms with Gasteiger partial charge in [-0.1, -0.05) is 0 Å². The highest BCUT2D eigenvalue weighted by Gasteiger charge is 2.34. The maximum absolute atomic E-state index is 11.8. The number of nitrogens with zero attached hydrogens (tertiary/aromatic N) is 1. The molecule has 1 amide bonds. The number of nitrogens with two attached hydrogens (primary N) is 2. The molecule has 1 heterocycles. The summed E-state index contributed by atoms with van der Waals surface area (Å²) in [6.45, 7) is 7.04. The van der Waals surface area contributed by atoms with Crippen LogP contribution < -0.4 is 11.5 Å². The fourth-order valence-corrected chi connectivity index (χ4v) is 1.81. The van der Waals surface area contributed by atoms with Gasteiger partial charge >= 0.3 is 0 Å². The van der Waals surface area contributed by atoms with Gasteiger partial charge in [-0.2, -0.15) is 0 Å². The van der Waals surface area contributed by atoms with Crippen molar-refractivity contribution >= 4 is 5.91 Å². The first-order valence-electron chi connectivity index (χ1n) is 5.16. The molecule has 2 unspecified atom stereocenters. The number of likely N-dealkylation sites (tertiary alicyclic amines) is 1. The average molecular weight is 199 g/mol. The van der Waals surface area contributed by atoms with Crippen LogP contribution in [0.1, 0.15) is 27.2 Å². The molecule has 4 nitrogen and oxygen atoms in total. The molecule has 1 aliphatic heterocycles. The summed E-state index contributed by atoms with van der Waals surface area (Å²) in [5.74, 6) is 0.460. The normalized spacial score (nSPS) is 25.2. The van der Waals surface area contributed by atoms with Crippen LogP contribution in [0.3, 0.4) is 0 Å². The second-order valence-corrected chi connectivity index (χ2v) is 4.88. The van der Waals surface area contributed by atoms with Gasteiger partial charge in [0, 0.05) is 19.1 Å². The van der Waals surface area contributed by atoms with Crippen molar-refractivity contribution in [3.8, 4) is 0 Å². The minimum Gasteiger partial charge on any atom is -0.341 e. The topological polar surface area (TPSA) is 72.3 Å². The van der Waals surface area contributed by atoms with Crippen molar-refractivity contribution in [1.29, 1.82) is 0 Å². The van der Waals surface area contributed by atoms with Gasteiger partial charge in [0.15, 0.2) is 0 Å². The fraction of sp³-hybridized carbons (Fsp3) is 0.900. The van der Waals surface area contributed by atoms with Crippen LogP contribution in [0.2, 0.25) is 0 Å². The smallest absolute Gasteiger partial charge is 0.242 e. The first-order chi connectivity index (χ1) is 6.32. The van der Waals surface area contributed by atoms with E-state index in [-0.39, 0.29) is 11.9 Å². The summed E-state index contributed by atoms with van der Waals surface area (Å²) in [4.78, 5) is 13.6. The van der Waals surface area contributed by atoms with E-state index in [0.29, 0.717) is 5.92 Å². The van der Waals surface area contributed by atoms with Gasteiger partial charge in [0.25, 0.3) is 0 Å². The molecule has 0 aromatic rings. The second-order valence-electron chi connectivity index (χ2n) is 4.88. The molecular weight excluding hydrogens is 178 g/mol. The molecule has 1 fully saturated rings. The van der Waals surface area contributed by atoms with E-state index in [2.05, 4.69) is 0 Å². The lowest BCUT2D eigenvalue weighted by Gasteiger charge is -2.26. The highest BCUT2D eigenvalue weighted by Crippen LogP contribution is 2.20. The van der Waals surface area contributed by atoms with E-state index in [4.69, 9.17) is 11.5 Å². The molecule has 0 aromatic carbocycles. The predicted molar refractivity (Wildman–Crippen MR) is 56.6 cm³/mol. The maximum atomic E-state index is 11.8. The van der Waals surface area contributed by atoms with Crippen LogP contribution in [-0.2, 0) is 4.79 Å². The number of amides is 1. The van der Waals surface area contributed by atoms with Crippen molar-refractivity contribution in [3.05, 3.63) is 0 Å². The molecule has 0 radical (unpaired) electrons. The quantitative estimate of drug-likeness (QED) is 0.653. The summed E-state index contributed by atoms with van der Waals surface area (Å²) >= 11 is 0. The third-order valence-electron chi connectivity index (χ3n) is 2.81. The number of carbonyl (C=O) groups excluding carboxylic acids is 1. The van der Waals surface area contributed by atoms with Crippen molar-refractivity contribution in [2.24, 2.45) is 17.4 Å². The highest BCUT2D eigenvalue weighted by molar-refractivity contribution is 5.85. The Hall–Kier alpha value is -0.610. The molecule has 1 aliphatic rings. The van der Waals surface area contributed by atoms with Crippen molar-refractivity contribution in [3.63, 3.8) is 0 Å². The van der Waals surface area contributed by atoms with Crippen molar-refractivity contribution in [2.75, 3.05) is 13.1 Å². The highest BCUT2D eigenvalue weighted by atomic mass is 16.2. The number of rotatable bonds is 2. The van der Waals surface area contributed by atoms with E-state index in [1.54, 1.807) is 13.8 Å². The summed E-state index contributed by atoms with van der Waals surface area (Å²) in [6, 6.07) is 0.161. The molecule has 0 spiro atoms. The van der Waals surface area contributed by atoms with Gasteiger partial charge in [-0.3, -0.25) is 4.79 Å². The van der Waals surface area contributed by atoms with Gasteiger partial charge in [0.2, 0.25) is 5.91 Å². The summed E-state index contributed by atoms with van der Waals surface area (Å²) < 4.78 is 0. The van der Waals surface area contributed by atoms with Crippen LogP contribution in [-0.4, -0.2) is 35.5 Å². The maximum Gasteiger partial charge on any atom is 0.242 e. The molecule has 1 rings (SSSR count). The zero-order valence-electron chi connectivity index (χ0n) is 9.29. The molecule has 82 valence electrons. The molecule has 14 heavy (non-hydrogen) atoms. The Morgan fingerprint density at radius 2 is 2.14 bits per heavy atom. The summed E-state index contributed by atoms with van der Waals surface area (Å²) in [5.41, 5.74) is 10.8.